The zero-order valence-corrected chi connectivity index (χ0v) is 16.0. The molecular formula is C19H31N5O2. The Morgan fingerprint density at radius 1 is 1.15 bits per heavy atom. The standard InChI is InChI=1S/C19H31N5O2/c1-4-20-18(25)16-6-5-7-17(14-16)22-19(26)21-9-8-15(2)24-12-10-23(3)11-13-24/h5-7,14-15H,4,8-13H2,1-3H3,(H,20,25)(H2,21,22,26)/t15-/m1/s1. The minimum Gasteiger partial charge on any atom is -0.352 e. The van der Waals surface area contributed by atoms with E-state index in [1.54, 1.807) is 24.3 Å². The van der Waals surface area contributed by atoms with Gasteiger partial charge >= 0.3 is 6.03 Å². The maximum Gasteiger partial charge on any atom is 0.319 e. The lowest BCUT2D eigenvalue weighted by Crippen LogP contribution is -2.48. The number of nitrogens with one attached hydrogen (secondary N) is 3. The van der Waals surface area contributed by atoms with E-state index in [9.17, 15) is 9.59 Å². The number of piperazine rings is 1. The molecule has 1 aromatic carbocycles. The van der Waals surface area contributed by atoms with Gasteiger partial charge in [0.2, 0.25) is 0 Å². The van der Waals surface area contributed by atoms with Crippen molar-refractivity contribution in [1.82, 2.24) is 20.4 Å². The molecule has 3 amide bonds. The van der Waals surface area contributed by atoms with Crippen LogP contribution in [0.15, 0.2) is 24.3 Å². The summed E-state index contributed by atoms with van der Waals surface area (Å²) < 4.78 is 0. The Labute approximate surface area is 156 Å². The number of urea groups is 1. The molecule has 1 aliphatic heterocycles. The molecule has 1 fully saturated rings. The van der Waals surface area contributed by atoms with E-state index >= 15 is 0 Å². The highest BCUT2D eigenvalue weighted by molar-refractivity contribution is 5.96. The summed E-state index contributed by atoms with van der Waals surface area (Å²) in [5.41, 5.74) is 1.15. The molecule has 0 saturated carbocycles. The molecule has 1 atom stereocenters. The second-order valence-corrected chi connectivity index (χ2v) is 6.80. The minimum atomic E-state index is -0.247. The zero-order valence-electron chi connectivity index (χ0n) is 16.0. The third kappa shape index (κ3) is 6.31. The maximum absolute atomic E-state index is 12.1. The fourth-order valence-electron chi connectivity index (χ4n) is 3.02. The lowest BCUT2D eigenvalue weighted by atomic mass is 10.1. The lowest BCUT2D eigenvalue weighted by Gasteiger charge is -2.36. The van der Waals surface area contributed by atoms with E-state index in [1.165, 1.54) is 0 Å². The molecule has 144 valence electrons. The zero-order chi connectivity index (χ0) is 18.9. The van der Waals surface area contributed by atoms with Gasteiger partial charge in [-0.15, -0.1) is 0 Å². The van der Waals surface area contributed by atoms with Crippen molar-refractivity contribution < 1.29 is 9.59 Å². The van der Waals surface area contributed by atoms with Crippen LogP contribution < -0.4 is 16.0 Å². The average molecular weight is 361 g/mol. The predicted molar refractivity (Wildman–Crippen MR) is 105 cm³/mol. The van der Waals surface area contributed by atoms with Gasteiger partial charge in [-0.25, -0.2) is 4.79 Å². The van der Waals surface area contributed by atoms with Crippen LogP contribution in [-0.2, 0) is 0 Å². The number of benzene rings is 1. The van der Waals surface area contributed by atoms with Gasteiger partial charge in [0.15, 0.2) is 0 Å². The van der Waals surface area contributed by atoms with Crippen LogP contribution in [0.4, 0.5) is 10.5 Å². The van der Waals surface area contributed by atoms with Crippen LogP contribution in [0.3, 0.4) is 0 Å². The fraction of sp³-hybridized carbons (Fsp3) is 0.579. The molecule has 0 aromatic heterocycles. The number of hydrogen-bond donors (Lipinski definition) is 3. The van der Waals surface area contributed by atoms with Gasteiger partial charge in [0.25, 0.3) is 5.91 Å². The van der Waals surface area contributed by atoms with Crippen LogP contribution in [0.5, 0.6) is 0 Å². The molecule has 1 aromatic rings. The monoisotopic (exact) mass is 361 g/mol. The van der Waals surface area contributed by atoms with Gasteiger partial charge in [-0.1, -0.05) is 6.07 Å². The van der Waals surface area contributed by atoms with Gasteiger partial charge < -0.3 is 20.9 Å². The van der Waals surface area contributed by atoms with E-state index < -0.39 is 0 Å². The quantitative estimate of drug-likeness (QED) is 0.689. The number of anilines is 1. The number of nitrogens with zero attached hydrogens (tertiary/aromatic N) is 2. The molecule has 3 N–H and O–H groups in total. The Kier molecular flexibility index (Phi) is 7.87. The van der Waals surface area contributed by atoms with Crippen LogP contribution >= 0.6 is 0 Å². The summed E-state index contributed by atoms with van der Waals surface area (Å²) in [4.78, 5) is 28.7. The summed E-state index contributed by atoms with van der Waals surface area (Å²) in [5, 5.41) is 8.43. The van der Waals surface area contributed by atoms with E-state index in [2.05, 4.69) is 39.7 Å². The van der Waals surface area contributed by atoms with Crippen molar-refractivity contribution in [2.45, 2.75) is 26.3 Å². The number of hydrogen-bond acceptors (Lipinski definition) is 4. The second-order valence-electron chi connectivity index (χ2n) is 6.80. The molecule has 0 aliphatic carbocycles. The first-order chi connectivity index (χ1) is 12.5. The molecule has 0 bridgehead atoms. The molecule has 0 spiro atoms. The largest absolute Gasteiger partial charge is 0.352 e. The molecule has 26 heavy (non-hydrogen) atoms. The van der Waals surface area contributed by atoms with E-state index in [0.29, 0.717) is 30.4 Å². The third-order valence-electron chi connectivity index (χ3n) is 4.73. The molecule has 2 rings (SSSR count). The molecule has 0 unspecified atom stereocenters. The summed E-state index contributed by atoms with van der Waals surface area (Å²) in [6, 6.07) is 7.14. The van der Waals surface area contributed by atoms with Crippen molar-refractivity contribution in [3.8, 4) is 0 Å². The molecule has 1 heterocycles. The van der Waals surface area contributed by atoms with Crippen molar-refractivity contribution in [3.63, 3.8) is 0 Å². The van der Waals surface area contributed by atoms with Crippen molar-refractivity contribution >= 4 is 17.6 Å². The Bertz CT molecular complexity index is 599. The number of likely N-dealkylation sites (N-methyl/N-ethyl adjacent to an activating group) is 1. The summed E-state index contributed by atoms with van der Waals surface area (Å²) >= 11 is 0. The van der Waals surface area contributed by atoms with Crippen LogP contribution in [0, 0.1) is 0 Å². The highest BCUT2D eigenvalue weighted by Gasteiger charge is 2.18. The number of amides is 3. The normalized spacial score (nSPS) is 16.7. The molecular weight excluding hydrogens is 330 g/mol. The predicted octanol–water partition coefficient (Wildman–Crippen LogP) is 1.58. The lowest BCUT2D eigenvalue weighted by molar-refractivity contribution is 0.0956. The molecule has 1 aliphatic rings. The van der Waals surface area contributed by atoms with E-state index in [1.807, 2.05) is 6.92 Å². The van der Waals surface area contributed by atoms with Gasteiger partial charge in [0.05, 0.1) is 0 Å². The Balaban J connectivity index is 1.73. The van der Waals surface area contributed by atoms with Crippen LogP contribution in [-0.4, -0.2) is 74.1 Å². The van der Waals surface area contributed by atoms with Crippen molar-refractivity contribution in [2.75, 3.05) is 51.6 Å². The van der Waals surface area contributed by atoms with Gasteiger partial charge in [-0.05, 0) is 45.5 Å². The average Bonchev–Trinajstić information content (AvgIpc) is 2.62. The number of carbonyl (C=O) groups is 2. The second kappa shape index (κ2) is 10.1. The first kappa shape index (κ1) is 20.2. The Morgan fingerprint density at radius 3 is 2.58 bits per heavy atom. The van der Waals surface area contributed by atoms with Crippen molar-refractivity contribution in [3.05, 3.63) is 29.8 Å². The fourth-order valence-corrected chi connectivity index (χ4v) is 3.02. The molecule has 7 heteroatoms. The number of rotatable bonds is 7. The Morgan fingerprint density at radius 2 is 1.88 bits per heavy atom. The molecule has 7 nitrogen and oxygen atoms in total. The minimum absolute atomic E-state index is 0.141. The smallest absolute Gasteiger partial charge is 0.319 e. The third-order valence-corrected chi connectivity index (χ3v) is 4.73. The first-order valence-electron chi connectivity index (χ1n) is 9.35. The van der Waals surface area contributed by atoms with Crippen LogP contribution in [0.2, 0.25) is 0 Å². The topological polar surface area (TPSA) is 76.7 Å². The Hall–Kier alpha value is -2.12. The van der Waals surface area contributed by atoms with Crippen LogP contribution in [0.1, 0.15) is 30.6 Å². The maximum atomic E-state index is 12.1. The SMILES string of the molecule is CCNC(=O)c1cccc(NC(=O)NCC[C@@H](C)N2CCN(C)CC2)c1. The molecule has 1 saturated heterocycles. The summed E-state index contributed by atoms with van der Waals surface area (Å²) in [5.74, 6) is -0.141. The van der Waals surface area contributed by atoms with E-state index in [4.69, 9.17) is 0 Å². The number of carbonyl (C=O) groups excluding carboxylic acids is 2. The summed E-state index contributed by atoms with van der Waals surface area (Å²) in [6.07, 6.45) is 0.913. The van der Waals surface area contributed by atoms with Crippen molar-refractivity contribution in [2.24, 2.45) is 0 Å². The highest BCUT2D eigenvalue weighted by Crippen LogP contribution is 2.11. The van der Waals surface area contributed by atoms with Gasteiger partial charge in [-0.2, -0.15) is 0 Å². The van der Waals surface area contributed by atoms with E-state index in [-0.39, 0.29) is 11.9 Å². The van der Waals surface area contributed by atoms with Gasteiger partial charge in [0.1, 0.15) is 0 Å². The summed E-state index contributed by atoms with van der Waals surface area (Å²) in [7, 11) is 2.15. The van der Waals surface area contributed by atoms with Crippen LogP contribution in [0.25, 0.3) is 0 Å². The van der Waals surface area contributed by atoms with Crippen molar-refractivity contribution in [1.29, 1.82) is 0 Å². The van der Waals surface area contributed by atoms with E-state index in [0.717, 1.165) is 32.6 Å². The summed E-state index contributed by atoms with van der Waals surface area (Å²) in [6.45, 7) is 9.63. The molecule has 0 radical (unpaired) electrons. The van der Waals surface area contributed by atoms with Gasteiger partial charge in [-0.3, -0.25) is 9.69 Å². The van der Waals surface area contributed by atoms with Gasteiger partial charge in [0, 0.05) is 56.6 Å². The first-order valence-corrected chi connectivity index (χ1v) is 9.35. The highest BCUT2D eigenvalue weighted by atomic mass is 16.2.